The summed E-state index contributed by atoms with van der Waals surface area (Å²) in [6.45, 7) is 2.45. The van der Waals surface area contributed by atoms with Crippen LogP contribution < -0.4 is 11.1 Å². The number of aliphatic hydroxyl groups excluding tert-OH is 8. The Morgan fingerprint density at radius 1 is 0.750 bits per heavy atom. The Balaban J connectivity index is 1.84. The lowest BCUT2D eigenvalue weighted by Gasteiger charge is -2.51. The van der Waals surface area contributed by atoms with E-state index in [4.69, 9.17) is 29.4 Å². The number of hydrogen-bond donors (Lipinski definition) is 10. The average molecular weight is 586 g/mol. The van der Waals surface area contributed by atoms with Crippen LogP contribution in [-0.2, 0) is 23.7 Å². The summed E-state index contributed by atoms with van der Waals surface area (Å²) in [6.07, 6.45) is -15.8. The van der Waals surface area contributed by atoms with Gasteiger partial charge in [-0.05, 0) is 26.6 Å². The van der Waals surface area contributed by atoms with Gasteiger partial charge in [0.1, 0.15) is 54.9 Å². The van der Waals surface area contributed by atoms with Crippen molar-refractivity contribution in [3.63, 3.8) is 0 Å². The smallest absolute Gasteiger partial charge is 0.176 e. The van der Waals surface area contributed by atoms with Gasteiger partial charge in [-0.1, -0.05) is 13.8 Å². The Kier molecular flexibility index (Phi) is 12.4. The first-order valence-corrected chi connectivity index (χ1v) is 13.5. The molecule has 3 aliphatic heterocycles. The Morgan fingerprint density at radius 3 is 1.82 bits per heavy atom. The van der Waals surface area contributed by atoms with Crippen LogP contribution in [0.3, 0.4) is 0 Å². The number of nitrogens with one attached hydrogen (secondary N) is 1. The van der Waals surface area contributed by atoms with Gasteiger partial charge in [0.2, 0.25) is 0 Å². The molecule has 40 heavy (non-hydrogen) atoms. The van der Waals surface area contributed by atoms with Crippen LogP contribution in [0.5, 0.6) is 0 Å². The second-order valence-corrected chi connectivity index (χ2v) is 11.2. The molecule has 0 spiro atoms. The Bertz CT molecular complexity index is 768. The zero-order valence-corrected chi connectivity index (χ0v) is 23.2. The molecule has 3 fully saturated rings. The highest BCUT2D eigenvalue weighted by molar-refractivity contribution is 5.00. The molecule has 0 aromatic carbocycles. The van der Waals surface area contributed by atoms with Crippen molar-refractivity contribution in [2.45, 2.75) is 106 Å². The van der Waals surface area contributed by atoms with Gasteiger partial charge < -0.3 is 75.6 Å². The molecule has 3 aliphatic rings. The molecule has 0 amide bonds. The number of ether oxygens (including phenoxy) is 5. The van der Waals surface area contributed by atoms with Crippen LogP contribution in [0.15, 0.2) is 0 Å². The average Bonchev–Trinajstić information content (AvgIpc) is 2.91. The Hall–Kier alpha value is -0.640. The zero-order valence-electron chi connectivity index (χ0n) is 23.2. The van der Waals surface area contributed by atoms with E-state index in [1.807, 2.05) is 13.8 Å². The fourth-order valence-electron chi connectivity index (χ4n) is 5.25. The second kappa shape index (κ2) is 14.7. The zero-order chi connectivity index (χ0) is 29.9. The fourth-order valence-corrected chi connectivity index (χ4v) is 5.25. The van der Waals surface area contributed by atoms with Gasteiger partial charge in [0.05, 0.1) is 37.9 Å². The fraction of sp³-hybridized carbons (Fsp3) is 1.00. The van der Waals surface area contributed by atoms with Crippen molar-refractivity contribution in [2.75, 3.05) is 40.5 Å². The van der Waals surface area contributed by atoms with Gasteiger partial charge in [0, 0.05) is 0 Å². The maximum Gasteiger partial charge on any atom is 0.176 e. The molecule has 0 aliphatic carbocycles. The van der Waals surface area contributed by atoms with Crippen LogP contribution in [0.25, 0.3) is 0 Å². The first kappa shape index (κ1) is 33.9. The molecular weight excluding hydrogens is 538 g/mol. The van der Waals surface area contributed by atoms with E-state index < -0.39 is 112 Å². The van der Waals surface area contributed by atoms with Crippen molar-refractivity contribution in [3.8, 4) is 0 Å². The summed E-state index contributed by atoms with van der Waals surface area (Å²) in [7, 11) is 3.26. The molecule has 2 unspecified atom stereocenters. The monoisotopic (exact) mass is 585 g/mol. The molecular formula is C24H47N3O13. The van der Waals surface area contributed by atoms with Crippen molar-refractivity contribution in [1.29, 1.82) is 0 Å². The van der Waals surface area contributed by atoms with Crippen molar-refractivity contribution in [1.82, 2.24) is 10.2 Å². The highest BCUT2D eigenvalue weighted by Gasteiger charge is 2.54. The van der Waals surface area contributed by atoms with Gasteiger partial charge in [-0.3, -0.25) is 4.90 Å². The van der Waals surface area contributed by atoms with E-state index in [1.165, 1.54) is 0 Å². The number of aliphatic hydroxyl groups is 8. The highest BCUT2D eigenvalue weighted by Crippen LogP contribution is 2.33. The molecule has 0 saturated carbocycles. The van der Waals surface area contributed by atoms with Gasteiger partial charge in [-0.15, -0.1) is 0 Å². The largest absolute Gasteiger partial charge is 0.394 e. The summed E-state index contributed by atoms with van der Waals surface area (Å²) in [4.78, 5) is 1.57. The van der Waals surface area contributed by atoms with Gasteiger partial charge >= 0.3 is 0 Å². The lowest BCUT2D eigenvalue weighted by atomic mass is 9.93. The first-order chi connectivity index (χ1) is 18.9. The summed E-state index contributed by atoms with van der Waals surface area (Å²) >= 11 is 0. The minimum Gasteiger partial charge on any atom is -0.394 e. The third kappa shape index (κ3) is 7.28. The molecule has 3 rings (SSSR count). The first-order valence-electron chi connectivity index (χ1n) is 13.5. The number of nitrogens with zero attached hydrogens (tertiary/aromatic N) is 1. The van der Waals surface area contributed by atoms with E-state index in [2.05, 4.69) is 5.32 Å². The third-order valence-corrected chi connectivity index (χ3v) is 7.56. The number of nitrogens with two attached hydrogens (primary N) is 1. The van der Waals surface area contributed by atoms with Crippen molar-refractivity contribution < 1.29 is 64.5 Å². The molecule has 3 heterocycles. The lowest BCUT2D eigenvalue weighted by Crippen LogP contribution is -2.70. The maximum absolute atomic E-state index is 11.5. The molecule has 3 saturated heterocycles. The van der Waals surface area contributed by atoms with E-state index in [9.17, 15) is 40.9 Å². The number of hydrogen-bond acceptors (Lipinski definition) is 16. The molecule has 0 aromatic heterocycles. The summed E-state index contributed by atoms with van der Waals surface area (Å²) in [5.74, 6) is 0.168. The van der Waals surface area contributed by atoms with E-state index in [1.54, 1.807) is 19.0 Å². The lowest BCUT2D eigenvalue weighted by molar-refractivity contribution is -0.358. The Labute approximate surface area is 233 Å². The number of rotatable bonds is 11. The Morgan fingerprint density at radius 2 is 1.27 bits per heavy atom. The molecule has 0 bridgehead atoms. The van der Waals surface area contributed by atoms with Crippen LogP contribution in [0, 0.1) is 5.92 Å². The van der Waals surface area contributed by atoms with Gasteiger partial charge in [-0.2, -0.15) is 0 Å². The summed E-state index contributed by atoms with van der Waals surface area (Å²) in [6, 6.07) is -3.16. The minimum absolute atomic E-state index is 0.168. The van der Waals surface area contributed by atoms with Crippen molar-refractivity contribution in [3.05, 3.63) is 0 Å². The predicted octanol–water partition coefficient (Wildman–Crippen LogP) is -5.78. The molecule has 16 heteroatoms. The molecule has 15 atom stereocenters. The van der Waals surface area contributed by atoms with Gasteiger partial charge in [0.25, 0.3) is 0 Å². The number of likely N-dealkylation sites (N-methyl/N-ethyl adjacent to an activating group) is 1. The van der Waals surface area contributed by atoms with E-state index in [0.717, 1.165) is 0 Å². The molecule has 16 nitrogen and oxygen atoms in total. The summed E-state index contributed by atoms with van der Waals surface area (Å²) < 4.78 is 29.1. The van der Waals surface area contributed by atoms with Crippen LogP contribution in [0.4, 0.5) is 0 Å². The second-order valence-electron chi connectivity index (χ2n) is 11.2. The summed E-state index contributed by atoms with van der Waals surface area (Å²) in [5.41, 5.74) is 5.81. The van der Waals surface area contributed by atoms with Crippen molar-refractivity contribution >= 4 is 0 Å². The quantitative estimate of drug-likeness (QED) is 0.108. The SMILES string of the molecule is CC(C)CN[C@H]1[C@H](OC2[C@@H](CO)O[C@@H](OC3[C@@H](CO)O[C@@H](O)[C@H](N)[C@H]3O)[C@H](N(C)C)[C@H]2O)O[C@H](CO)[C@@H](O)[C@@H]1O. The van der Waals surface area contributed by atoms with Gasteiger partial charge in [-0.25, -0.2) is 0 Å². The summed E-state index contributed by atoms with van der Waals surface area (Å²) in [5, 5.41) is 85.9. The van der Waals surface area contributed by atoms with E-state index in [0.29, 0.717) is 6.54 Å². The topological polar surface area (TPSA) is 249 Å². The molecule has 0 radical (unpaired) electrons. The van der Waals surface area contributed by atoms with Crippen LogP contribution in [-0.4, -0.2) is 178 Å². The van der Waals surface area contributed by atoms with Crippen LogP contribution >= 0.6 is 0 Å². The van der Waals surface area contributed by atoms with E-state index in [-0.39, 0.29) is 5.92 Å². The predicted molar refractivity (Wildman–Crippen MR) is 135 cm³/mol. The molecule has 0 aromatic rings. The van der Waals surface area contributed by atoms with E-state index >= 15 is 0 Å². The highest BCUT2D eigenvalue weighted by atomic mass is 16.7. The minimum atomic E-state index is -1.54. The van der Waals surface area contributed by atoms with Crippen LogP contribution in [0.1, 0.15) is 13.8 Å². The third-order valence-electron chi connectivity index (χ3n) is 7.56. The van der Waals surface area contributed by atoms with Crippen molar-refractivity contribution in [2.24, 2.45) is 11.7 Å². The van der Waals surface area contributed by atoms with Crippen LogP contribution in [0.2, 0.25) is 0 Å². The normalized spacial score (nSPS) is 46.7. The standard InChI is InChI=1S/C24H47N3O13/c1-9(2)5-26-14-18(33)16(31)10(6-28)37-23(14)39-21-12(8-30)38-24(15(19(21)34)27(3)4)40-20-11(7-29)36-22(35)13(25)17(20)32/h9-24,26,28-35H,5-8,25H2,1-4H3/t10-,11-,12-,13-,14-,15-,16-,17-,18-,19-,20?,21?,22-,23+,24+/m1/s1. The molecule has 236 valence electrons. The molecule has 11 N–H and O–H groups in total. The van der Waals surface area contributed by atoms with Gasteiger partial charge in [0.15, 0.2) is 18.9 Å². The maximum atomic E-state index is 11.5.